The SMILES string of the molecule is CO[C@@]12CC[C@@]3(C[C@@H]1[C@](C)(O)C(C)(C)C)C1Cc4ccc(OCCBr)c5c4[C@@]3(CCN1CC1CC1)C2O5. The maximum atomic E-state index is 12.3. The lowest BCUT2D eigenvalue weighted by Gasteiger charge is -2.75. The van der Waals surface area contributed by atoms with Crippen LogP contribution in [0.2, 0.25) is 0 Å². The molecule has 7 aliphatic rings. The van der Waals surface area contributed by atoms with Gasteiger partial charge in [-0.2, -0.15) is 0 Å². The third-order valence-electron chi connectivity index (χ3n) is 12.2. The van der Waals surface area contributed by atoms with Crippen LogP contribution in [0.15, 0.2) is 12.1 Å². The Morgan fingerprint density at radius 3 is 2.62 bits per heavy atom. The summed E-state index contributed by atoms with van der Waals surface area (Å²) in [6.07, 6.45) is 7.96. The lowest BCUT2D eigenvalue weighted by molar-refractivity contribution is -0.312. The molecule has 2 aliphatic heterocycles. The van der Waals surface area contributed by atoms with Gasteiger partial charge in [0, 0.05) is 47.3 Å². The Labute approximate surface area is 230 Å². The number of ether oxygens (including phenoxy) is 3. The molecule has 5 fully saturated rings. The second-order valence-electron chi connectivity index (χ2n) is 14.3. The fraction of sp³-hybridized carbons (Fsp3) is 0.806. The average molecular weight is 575 g/mol. The molecule has 1 aromatic rings. The summed E-state index contributed by atoms with van der Waals surface area (Å²) in [5.74, 6) is 2.72. The monoisotopic (exact) mass is 573 g/mol. The molecule has 1 N–H and O–H groups in total. The molecule has 6 heteroatoms. The quantitative estimate of drug-likeness (QED) is 0.437. The first-order valence-corrected chi connectivity index (χ1v) is 15.7. The summed E-state index contributed by atoms with van der Waals surface area (Å²) < 4.78 is 20.1. The largest absolute Gasteiger partial charge is 0.489 e. The number of methoxy groups -OCH3 is 1. The van der Waals surface area contributed by atoms with E-state index >= 15 is 0 Å². The first-order chi connectivity index (χ1) is 17.6. The maximum Gasteiger partial charge on any atom is 0.165 e. The number of hydrogen-bond acceptors (Lipinski definition) is 5. The summed E-state index contributed by atoms with van der Waals surface area (Å²) in [5.41, 5.74) is 1.20. The van der Waals surface area contributed by atoms with Crippen molar-refractivity contribution in [2.75, 3.05) is 32.1 Å². The molecule has 4 saturated carbocycles. The van der Waals surface area contributed by atoms with Crippen LogP contribution < -0.4 is 9.47 Å². The van der Waals surface area contributed by atoms with E-state index in [1.807, 2.05) is 7.11 Å². The summed E-state index contributed by atoms with van der Waals surface area (Å²) in [4.78, 5) is 2.87. The van der Waals surface area contributed by atoms with Gasteiger partial charge in [0.15, 0.2) is 11.5 Å². The Balaban J connectivity index is 1.45. The fourth-order valence-corrected chi connectivity index (χ4v) is 9.99. The highest BCUT2D eigenvalue weighted by molar-refractivity contribution is 9.09. The zero-order chi connectivity index (χ0) is 26.0. The van der Waals surface area contributed by atoms with E-state index in [2.05, 4.69) is 60.7 Å². The number of nitrogens with zero attached hydrogens (tertiary/aromatic N) is 1. The van der Waals surface area contributed by atoms with Gasteiger partial charge < -0.3 is 19.3 Å². The number of benzene rings is 1. The zero-order valence-electron chi connectivity index (χ0n) is 23.2. The number of piperidine rings is 1. The average Bonchev–Trinajstić information content (AvgIpc) is 3.60. The fourth-order valence-electron chi connectivity index (χ4n) is 9.83. The Kier molecular flexibility index (Phi) is 5.37. The molecule has 1 aromatic carbocycles. The van der Waals surface area contributed by atoms with Crippen LogP contribution in [0.25, 0.3) is 0 Å². The van der Waals surface area contributed by atoms with Crippen molar-refractivity contribution in [1.82, 2.24) is 4.90 Å². The van der Waals surface area contributed by atoms with E-state index in [0.717, 1.165) is 61.4 Å². The van der Waals surface area contributed by atoms with Crippen molar-refractivity contribution in [1.29, 1.82) is 0 Å². The Hall–Kier alpha value is -0.820. The highest BCUT2D eigenvalue weighted by Gasteiger charge is 2.82. The first kappa shape index (κ1) is 25.2. The van der Waals surface area contributed by atoms with E-state index in [9.17, 15) is 5.11 Å². The summed E-state index contributed by atoms with van der Waals surface area (Å²) >= 11 is 3.53. The van der Waals surface area contributed by atoms with Gasteiger partial charge in [0.05, 0.1) is 12.2 Å². The molecule has 5 aliphatic carbocycles. The third-order valence-corrected chi connectivity index (χ3v) is 12.5. The molecule has 4 bridgehead atoms. The van der Waals surface area contributed by atoms with E-state index in [1.165, 1.54) is 30.5 Å². The van der Waals surface area contributed by atoms with Crippen molar-refractivity contribution in [3.05, 3.63) is 23.3 Å². The summed E-state index contributed by atoms with van der Waals surface area (Å²) in [7, 11) is 1.87. The smallest absolute Gasteiger partial charge is 0.165 e. The second-order valence-corrected chi connectivity index (χ2v) is 15.1. The van der Waals surface area contributed by atoms with Crippen LogP contribution >= 0.6 is 15.9 Å². The summed E-state index contributed by atoms with van der Waals surface area (Å²) in [6, 6.07) is 4.98. The van der Waals surface area contributed by atoms with E-state index < -0.39 is 11.2 Å². The highest BCUT2D eigenvalue weighted by atomic mass is 79.9. The number of fused-ring (bicyclic) bond motifs is 2. The van der Waals surface area contributed by atoms with Crippen LogP contribution in [0.1, 0.15) is 77.3 Å². The van der Waals surface area contributed by atoms with Crippen molar-refractivity contribution >= 4 is 15.9 Å². The Morgan fingerprint density at radius 2 is 1.95 bits per heavy atom. The first-order valence-electron chi connectivity index (χ1n) is 14.6. The minimum atomic E-state index is -0.888. The Morgan fingerprint density at radius 1 is 1.16 bits per heavy atom. The van der Waals surface area contributed by atoms with Gasteiger partial charge >= 0.3 is 0 Å². The summed E-state index contributed by atoms with van der Waals surface area (Å²) in [5, 5.41) is 13.1. The van der Waals surface area contributed by atoms with Gasteiger partial charge in [-0.3, -0.25) is 4.90 Å². The molecular weight excluding hydrogens is 530 g/mol. The zero-order valence-corrected chi connectivity index (χ0v) is 24.8. The molecule has 0 radical (unpaired) electrons. The normalized spacial score (nSPS) is 41.2. The number of alkyl halides is 1. The van der Waals surface area contributed by atoms with E-state index in [4.69, 9.17) is 14.2 Å². The van der Waals surface area contributed by atoms with E-state index in [-0.39, 0.29) is 28.3 Å². The van der Waals surface area contributed by atoms with Crippen molar-refractivity contribution in [2.24, 2.45) is 22.7 Å². The molecule has 2 heterocycles. The van der Waals surface area contributed by atoms with Gasteiger partial charge in [0.2, 0.25) is 0 Å². The maximum absolute atomic E-state index is 12.3. The van der Waals surface area contributed by atoms with Crippen molar-refractivity contribution < 1.29 is 19.3 Å². The van der Waals surface area contributed by atoms with E-state index in [0.29, 0.717) is 12.6 Å². The van der Waals surface area contributed by atoms with Gasteiger partial charge in [-0.15, -0.1) is 0 Å². The molecule has 5 nitrogen and oxygen atoms in total. The minimum Gasteiger partial charge on any atom is -0.489 e. The third kappa shape index (κ3) is 2.97. The van der Waals surface area contributed by atoms with Gasteiger partial charge in [0.1, 0.15) is 11.7 Å². The second kappa shape index (κ2) is 7.89. The van der Waals surface area contributed by atoms with Crippen LogP contribution in [0.4, 0.5) is 0 Å². The topological polar surface area (TPSA) is 51.2 Å². The molecule has 8 rings (SSSR count). The van der Waals surface area contributed by atoms with Crippen LogP contribution in [-0.4, -0.2) is 65.5 Å². The molecule has 1 saturated heterocycles. The number of likely N-dealkylation sites (tertiary alicyclic amines) is 1. The highest BCUT2D eigenvalue weighted by Crippen LogP contribution is 2.78. The predicted molar refractivity (Wildman–Crippen MR) is 148 cm³/mol. The molecule has 204 valence electrons. The van der Waals surface area contributed by atoms with Crippen molar-refractivity contribution in [3.63, 3.8) is 0 Å². The van der Waals surface area contributed by atoms with Gasteiger partial charge in [0.25, 0.3) is 0 Å². The standard InChI is InChI=1S/C31H44BrNO4/c1-27(2,3)28(4,34)22-17-29-10-11-31(22,35-5)26-30(29)12-14-33(18-19-6-7-19)23(29)16-20-8-9-21(36-15-13-32)25(37-26)24(20)30/h8-9,19,22-23,26,34H,6-7,10-18H2,1-5H3/t22-,23?,26?,28+,29-,30+,31+/m1/s1. The number of rotatable bonds is 7. The van der Waals surface area contributed by atoms with Gasteiger partial charge in [-0.05, 0) is 81.4 Å². The lowest BCUT2D eigenvalue weighted by atomic mass is 9.33. The van der Waals surface area contributed by atoms with Crippen LogP contribution in [0.5, 0.6) is 11.5 Å². The van der Waals surface area contributed by atoms with Gasteiger partial charge in [-0.1, -0.05) is 42.8 Å². The molecule has 0 amide bonds. The van der Waals surface area contributed by atoms with Crippen LogP contribution in [-0.2, 0) is 16.6 Å². The number of halogens is 1. The number of aliphatic hydroxyl groups is 1. The lowest BCUT2D eigenvalue weighted by Crippen LogP contribution is -2.83. The van der Waals surface area contributed by atoms with Gasteiger partial charge in [-0.25, -0.2) is 0 Å². The van der Waals surface area contributed by atoms with Crippen LogP contribution in [0.3, 0.4) is 0 Å². The molecule has 0 aromatic heterocycles. The van der Waals surface area contributed by atoms with Crippen LogP contribution in [0, 0.1) is 22.7 Å². The van der Waals surface area contributed by atoms with Crippen molar-refractivity contribution in [3.8, 4) is 11.5 Å². The molecule has 2 spiro atoms. The predicted octanol–water partition coefficient (Wildman–Crippen LogP) is 5.48. The molecule has 7 atom stereocenters. The molecule has 37 heavy (non-hydrogen) atoms. The molecular formula is C31H44BrNO4. The Bertz CT molecular complexity index is 1110. The number of hydrogen-bond donors (Lipinski definition) is 1. The minimum absolute atomic E-state index is 0.00280. The van der Waals surface area contributed by atoms with E-state index in [1.54, 1.807) is 0 Å². The van der Waals surface area contributed by atoms with Crippen molar-refractivity contribution in [2.45, 2.75) is 101 Å². The molecule has 2 unspecified atom stereocenters. The summed E-state index contributed by atoms with van der Waals surface area (Å²) in [6.45, 7) is 11.6.